The van der Waals surface area contributed by atoms with Crippen molar-refractivity contribution in [3.05, 3.63) is 104 Å². The average Bonchev–Trinajstić information content (AvgIpc) is 3.60. The first kappa shape index (κ1) is 48.3. The molecule has 4 atom stereocenters. The van der Waals surface area contributed by atoms with Crippen LogP contribution in [0.15, 0.2) is 64.9 Å². The van der Waals surface area contributed by atoms with Crippen LogP contribution in [0.4, 0.5) is 4.39 Å². The number of aryl methyl sites for hydroxylation is 1. The predicted octanol–water partition coefficient (Wildman–Crippen LogP) is 7.55. The van der Waals surface area contributed by atoms with Crippen LogP contribution in [0.3, 0.4) is 0 Å². The molecule has 5 aromatic rings. The maximum Gasteiger partial charge on any atom is 0.282 e. The van der Waals surface area contributed by atoms with Crippen LogP contribution in [0.25, 0.3) is 27.0 Å². The Balaban J connectivity index is 0.807. The molecule has 2 aromatic heterocycles. The zero-order valence-corrected chi connectivity index (χ0v) is 41.4. The number of unbranched alkanes of at least 4 members (excludes halogenated alkanes) is 1. The third-order valence-corrected chi connectivity index (χ3v) is 15.9. The Kier molecular flexibility index (Phi) is 13.4. The molecule has 16 heteroatoms. The van der Waals surface area contributed by atoms with E-state index in [-0.39, 0.29) is 43.8 Å². The van der Waals surface area contributed by atoms with Crippen LogP contribution in [0, 0.1) is 12.3 Å². The SMILES string of the molecule is Cc1ncsc1-c1ccc(CNC(=O)[C@@H]2C[C@@H](O)CN2C(O)[C@@H](NC(=O)C2(F)CC2)C(C)(C)C)c(OCCCCN2CCC(c3ccc4c(c3)-n3c(nc(=O)c5c(Cl)cccc53)C4(C)C)CC2)c1. The molecule has 13 nitrogen and oxygen atoms in total. The van der Waals surface area contributed by atoms with Crippen molar-refractivity contribution in [2.75, 3.05) is 32.8 Å². The van der Waals surface area contributed by atoms with Crippen LogP contribution in [0.2, 0.25) is 5.02 Å². The lowest BCUT2D eigenvalue weighted by atomic mass is 9.83. The second-order valence-corrected chi connectivity index (χ2v) is 22.2. The maximum absolute atomic E-state index is 14.7. The molecule has 3 aromatic carbocycles. The first-order valence-corrected chi connectivity index (χ1v) is 25.2. The quantitative estimate of drug-likeness (QED) is 0.0772. The van der Waals surface area contributed by atoms with Gasteiger partial charge in [-0.15, -0.1) is 11.3 Å². The summed E-state index contributed by atoms with van der Waals surface area (Å²) < 4.78 is 23.3. The summed E-state index contributed by atoms with van der Waals surface area (Å²) in [4.78, 5) is 53.9. The highest BCUT2D eigenvalue weighted by molar-refractivity contribution is 7.13. The van der Waals surface area contributed by atoms with Crippen molar-refractivity contribution in [2.45, 2.75) is 134 Å². The number of piperidine rings is 1. The van der Waals surface area contributed by atoms with E-state index in [2.05, 4.69) is 62.1 Å². The van der Waals surface area contributed by atoms with Crippen LogP contribution >= 0.6 is 22.9 Å². The summed E-state index contributed by atoms with van der Waals surface area (Å²) >= 11 is 8.08. The number of nitrogens with zero attached hydrogens (tertiary/aromatic N) is 5. The zero-order valence-electron chi connectivity index (χ0n) is 39.8. The van der Waals surface area contributed by atoms with Crippen LogP contribution in [-0.4, -0.2) is 109 Å². The van der Waals surface area contributed by atoms with Gasteiger partial charge in [0.2, 0.25) is 5.91 Å². The normalized spacial score (nSPS) is 21.0. The van der Waals surface area contributed by atoms with Crippen molar-refractivity contribution in [2.24, 2.45) is 5.41 Å². The topological polar surface area (TPSA) is 162 Å². The molecule has 4 aliphatic rings. The number of ether oxygens (including phenoxy) is 1. The number of benzene rings is 3. The number of aromatic nitrogens is 3. The zero-order chi connectivity index (χ0) is 48.3. The standard InChI is InChI=1S/C52H63ClFN7O6S/c1-30-43(68-29-56-30)33-12-13-34(27-55-45(63)40-26-35(62)28-60(40)47(65)44(50(2,3)4)57-49(66)52(54)18-19-52)41(25-33)67-23-8-7-20-59-21-16-31(17-22-59)32-14-15-36-39(24-32)61-38-11-9-10-37(53)42(38)46(64)58-48(61)51(36,5)6/h9-15,24-25,29,31,35,40,44,47,62,65H,7-8,16-23,26-28H2,1-6H3,(H,55,63)(H,57,66)/t35-,40+,44-,47?/m1/s1. The molecule has 0 spiro atoms. The van der Waals surface area contributed by atoms with Crippen molar-refractivity contribution in [1.29, 1.82) is 0 Å². The monoisotopic (exact) mass is 967 g/mol. The van der Waals surface area contributed by atoms with E-state index in [9.17, 15) is 29.0 Å². The Hall–Kier alpha value is -4.77. The summed E-state index contributed by atoms with van der Waals surface area (Å²) in [7, 11) is 0. The Morgan fingerprint density at radius 3 is 2.54 bits per heavy atom. The fourth-order valence-corrected chi connectivity index (χ4v) is 11.5. The van der Waals surface area contributed by atoms with Gasteiger partial charge in [0.15, 0.2) is 5.67 Å². The van der Waals surface area contributed by atoms with Crippen molar-refractivity contribution in [1.82, 2.24) is 35.0 Å². The van der Waals surface area contributed by atoms with Crippen molar-refractivity contribution >= 4 is 45.7 Å². The van der Waals surface area contributed by atoms with Crippen LogP contribution in [0.1, 0.15) is 114 Å². The number of aliphatic hydroxyl groups excluding tert-OH is 2. The molecular formula is C52H63ClFN7O6S. The van der Waals surface area contributed by atoms with Crippen LogP contribution in [0.5, 0.6) is 5.75 Å². The third kappa shape index (κ3) is 9.46. The fourth-order valence-electron chi connectivity index (χ4n) is 10.4. The molecule has 1 unspecified atom stereocenters. The van der Waals surface area contributed by atoms with Gasteiger partial charge in [0.1, 0.15) is 17.8 Å². The molecular weight excluding hydrogens is 905 g/mol. The van der Waals surface area contributed by atoms with Crippen LogP contribution < -0.4 is 20.9 Å². The lowest BCUT2D eigenvalue weighted by Gasteiger charge is -2.40. The first-order chi connectivity index (χ1) is 32.3. The van der Waals surface area contributed by atoms with E-state index in [4.69, 9.17) is 16.3 Å². The minimum absolute atomic E-state index is 0.0255. The summed E-state index contributed by atoms with van der Waals surface area (Å²) in [6.45, 7) is 15.3. The van der Waals surface area contributed by atoms with Gasteiger partial charge < -0.3 is 30.5 Å². The van der Waals surface area contributed by atoms with Gasteiger partial charge in [-0.3, -0.25) is 23.9 Å². The Morgan fingerprint density at radius 1 is 1.07 bits per heavy atom. The molecule has 2 saturated heterocycles. The van der Waals surface area contributed by atoms with Crippen molar-refractivity contribution < 1.29 is 28.9 Å². The summed E-state index contributed by atoms with van der Waals surface area (Å²) in [6, 6.07) is 16.5. The predicted molar refractivity (Wildman–Crippen MR) is 263 cm³/mol. The largest absolute Gasteiger partial charge is 0.493 e. The Bertz CT molecular complexity index is 2780. The minimum Gasteiger partial charge on any atom is -0.493 e. The van der Waals surface area contributed by atoms with E-state index in [1.165, 1.54) is 10.5 Å². The van der Waals surface area contributed by atoms with Crippen LogP contribution in [-0.2, 0) is 21.5 Å². The number of carbonyl (C=O) groups is 2. The van der Waals surface area contributed by atoms with Gasteiger partial charge >= 0.3 is 0 Å². The van der Waals surface area contributed by atoms with E-state index in [1.807, 2.05) is 63.5 Å². The summed E-state index contributed by atoms with van der Waals surface area (Å²) in [6.07, 6.45) is 2.06. The lowest BCUT2D eigenvalue weighted by Crippen LogP contribution is -2.61. The molecule has 0 bridgehead atoms. The van der Waals surface area contributed by atoms with Gasteiger partial charge in [-0.2, -0.15) is 4.98 Å². The van der Waals surface area contributed by atoms with Gasteiger partial charge in [-0.25, -0.2) is 9.37 Å². The summed E-state index contributed by atoms with van der Waals surface area (Å²) in [5, 5.41) is 29.0. The molecule has 5 heterocycles. The molecule has 2 amide bonds. The molecule has 68 heavy (non-hydrogen) atoms. The second-order valence-electron chi connectivity index (χ2n) is 20.9. The molecule has 3 aliphatic heterocycles. The number of hydrogen-bond donors (Lipinski definition) is 4. The first-order valence-electron chi connectivity index (χ1n) is 24.0. The summed E-state index contributed by atoms with van der Waals surface area (Å²) in [5.74, 6) is 0.683. The number of alkyl halides is 1. The smallest absolute Gasteiger partial charge is 0.282 e. The van der Waals surface area contributed by atoms with Gasteiger partial charge in [0, 0.05) is 18.7 Å². The van der Waals surface area contributed by atoms with Crippen molar-refractivity contribution in [3.8, 4) is 21.9 Å². The average molecular weight is 969 g/mol. The molecule has 1 aliphatic carbocycles. The number of hydrogen-bond acceptors (Lipinski definition) is 11. The number of fused-ring (bicyclic) bond motifs is 5. The third-order valence-electron chi connectivity index (χ3n) is 14.6. The molecule has 9 rings (SSSR count). The molecule has 0 radical (unpaired) electrons. The number of halogens is 2. The Morgan fingerprint density at radius 2 is 1.84 bits per heavy atom. The molecule has 1 saturated carbocycles. The number of rotatable bonds is 15. The number of aliphatic hydroxyl groups is 2. The minimum atomic E-state index is -1.92. The van der Waals surface area contributed by atoms with E-state index in [1.54, 1.807) is 17.4 Å². The molecule has 362 valence electrons. The highest BCUT2D eigenvalue weighted by atomic mass is 35.5. The van der Waals surface area contributed by atoms with E-state index < -0.39 is 46.8 Å². The van der Waals surface area contributed by atoms with Gasteiger partial charge in [0.05, 0.1) is 67.9 Å². The van der Waals surface area contributed by atoms with Gasteiger partial charge in [-0.05, 0) is 138 Å². The number of carbonyl (C=O) groups excluding carboxylic acids is 2. The second kappa shape index (κ2) is 18.9. The molecule has 4 N–H and O–H groups in total. The maximum atomic E-state index is 14.7. The van der Waals surface area contributed by atoms with Gasteiger partial charge in [-0.1, -0.05) is 62.7 Å². The van der Waals surface area contributed by atoms with E-state index >= 15 is 0 Å². The van der Waals surface area contributed by atoms with E-state index in [0.29, 0.717) is 28.7 Å². The van der Waals surface area contributed by atoms with Gasteiger partial charge in [0.25, 0.3) is 11.5 Å². The van der Waals surface area contributed by atoms with Crippen molar-refractivity contribution in [3.63, 3.8) is 0 Å². The summed E-state index contributed by atoms with van der Waals surface area (Å²) in [5.41, 5.74) is 5.49. The molecule has 3 fully saturated rings. The fraction of sp³-hybridized carbons (Fsp3) is 0.519. The lowest BCUT2D eigenvalue weighted by molar-refractivity contribution is -0.137. The number of amides is 2. The van der Waals surface area contributed by atoms with E-state index in [0.717, 1.165) is 89.6 Å². The number of likely N-dealkylation sites (tertiary alicyclic amines) is 2. The number of thiazole rings is 1. The highest BCUT2D eigenvalue weighted by Crippen LogP contribution is 2.45. The Labute approximate surface area is 406 Å². The highest BCUT2D eigenvalue weighted by Gasteiger charge is 2.53. The number of nitrogens with one attached hydrogen (secondary N) is 2. The number of β-amino-alcohol motifs (C(OH)–C–C–N with tert-alkyl or cyclic N) is 1.